The van der Waals surface area contributed by atoms with Crippen LogP contribution in [-0.4, -0.2) is 18.6 Å². The van der Waals surface area contributed by atoms with Gasteiger partial charge in [0.25, 0.3) is 0 Å². The van der Waals surface area contributed by atoms with Crippen molar-refractivity contribution in [2.75, 3.05) is 18.5 Å². The summed E-state index contributed by atoms with van der Waals surface area (Å²) in [6.07, 6.45) is 1.79. The molecular formula is C12H19N3. The Balaban J connectivity index is 2.85. The quantitative estimate of drug-likeness (QED) is 0.765. The molecule has 0 radical (unpaired) electrons. The number of hydrogen-bond acceptors (Lipinski definition) is 3. The smallest absolute Gasteiger partial charge is 0.128 e. The van der Waals surface area contributed by atoms with E-state index in [0.717, 1.165) is 23.5 Å². The van der Waals surface area contributed by atoms with E-state index in [0.29, 0.717) is 0 Å². The molecule has 1 rings (SSSR count). The second kappa shape index (κ2) is 4.94. The van der Waals surface area contributed by atoms with Gasteiger partial charge in [-0.05, 0) is 31.5 Å². The minimum Gasteiger partial charge on any atom is -0.356 e. The van der Waals surface area contributed by atoms with Crippen LogP contribution in [0.5, 0.6) is 0 Å². The first-order chi connectivity index (χ1) is 7.00. The fraction of sp³-hybridized carbons (Fsp3) is 0.417. The number of nitrogens with two attached hydrogens (primary N) is 1. The van der Waals surface area contributed by atoms with E-state index < -0.39 is 0 Å². The van der Waals surface area contributed by atoms with Crippen molar-refractivity contribution in [2.45, 2.75) is 19.9 Å². The first-order valence-electron chi connectivity index (χ1n) is 5.07. The number of aromatic nitrogens is 1. The van der Waals surface area contributed by atoms with Crippen LogP contribution in [-0.2, 0) is 0 Å². The first kappa shape index (κ1) is 11.7. The Kier molecular flexibility index (Phi) is 3.86. The summed E-state index contributed by atoms with van der Waals surface area (Å²) in [4.78, 5) is 6.37. The van der Waals surface area contributed by atoms with Gasteiger partial charge in [-0.3, -0.25) is 0 Å². The second-order valence-electron chi connectivity index (χ2n) is 4.05. The molecule has 0 saturated heterocycles. The van der Waals surface area contributed by atoms with Gasteiger partial charge in [0.15, 0.2) is 0 Å². The van der Waals surface area contributed by atoms with Crippen molar-refractivity contribution in [2.24, 2.45) is 5.73 Å². The summed E-state index contributed by atoms with van der Waals surface area (Å²) in [7, 11) is 2.00. The van der Waals surface area contributed by atoms with Gasteiger partial charge in [0.05, 0.1) is 0 Å². The van der Waals surface area contributed by atoms with E-state index >= 15 is 0 Å². The molecule has 1 unspecified atom stereocenters. The van der Waals surface area contributed by atoms with Crippen LogP contribution in [0.3, 0.4) is 0 Å². The lowest BCUT2D eigenvalue weighted by molar-refractivity contribution is 0.812. The molecule has 2 N–H and O–H groups in total. The van der Waals surface area contributed by atoms with Gasteiger partial charge in [0, 0.05) is 25.8 Å². The monoisotopic (exact) mass is 205 g/mol. The summed E-state index contributed by atoms with van der Waals surface area (Å²) in [6.45, 7) is 8.67. The molecule has 0 spiro atoms. The Morgan fingerprint density at radius 2 is 2.33 bits per heavy atom. The number of likely N-dealkylation sites (N-methyl/N-ethyl adjacent to an activating group) is 1. The van der Waals surface area contributed by atoms with E-state index in [1.165, 1.54) is 0 Å². The summed E-state index contributed by atoms with van der Waals surface area (Å²) in [5.74, 6) is 0.938. The lowest BCUT2D eigenvalue weighted by Crippen LogP contribution is -2.20. The number of anilines is 1. The zero-order chi connectivity index (χ0) is 11.4. The van der Waals surface area contributed by atoms with Gasteiger partial charge in [0.1, 0.15) is 5.82 Å². The highest BCUT2D eigenvalue weighted by Crippen LogP contribution is 2.16. The summed E-state index contributed by atoms with van der Waals surface area (Å²) < 4.78 is 0. The Morgan fingerprint density at radius 3 is 2.87 bits per heavy atom. The molecule has 0 aromatic carbocycles. The summed E-state index contributed by atoms with van der Waals surface area (Å²) in [5, 5.41) is 0. The molecule has 82 valence electrons. The van der Waals surface area contributed by atoms with E-state index in [4.69, 9.17) is 5.73 Å². The lowest BCUT2D eigenvalue weighted by Gasteiger charge is -2.19. The van der Waals surface area contributed by atoms with E-state index in [9.17, 15) is 0 Å². The number of hydrogen-bond donors (Lipinski definition) is 1. The van der Waals surface area contributed by atoms with Gasteiger partial charge in [-0.1, -0.05) is 12.2 Å². The van der Waals surface area contributed by atoms with Crippen molar-refractivity contribution in [3.05, 3.63) is 36.0 Å². The third-order valence-corrected chi connectivity index (χ3v) is 2.19. The molecule has 1 heterocycles. The first-order valence-corrected chi connectivity index (χ1v) is 5.07. The highest BCUT2D eigenvalue weighted by atomic mass is 15.2. The molecule has 0 aliphatic rings. The van der Waals surface area contributed by atoms with Gasteiger partial charge in [-0.25, -0.2) is 4.98 Å². The average molecular weight is 205 g/mol. The SMILES string of the molecule is C=C(C)CN(C)c1cc(C(C)N)ccn1. The highest BCUT2D eigenvalue weighted by molar-refractivity contribution is 5.42. The van der Waals surface area contributed by atoms with Crippen molar-refractivity contribution in [1.82, 2.24) is 4.98 Å². The van der Waals surface area contributed by atoms with E-state index in [2.05, 4.69) is 16.5 Å². The van der Waals surface area contributed by atoms with Crippen molar-refractivity contribution in [1.29, 1.82) is 0 Å². The highest BCUT2D eigenvalue weighted by Gasteiger charge is 2.05. The zero-order valence-electron chi connectivity index (χ0n) is 9.70. The van der Waals surface area contributed by atoms with Crippen molar-refractivity contribution >= 4 is 5.82 Å². The van der Waals surface area contributed by atoms with Crippen LogP contribution in [0.1, 0.15) is 25.5 Å². The van der Waals surface area contributed by atoms with Crippen LogP contribution in [0.2, 0.25) is 0 Å². The standard InChI is InChI=1S/C12H19N3/c1-9(2)8-15(4)12-7-11(10(3)13)5-6-14-12/h5-7,10H,1,8,13H2,2-4H3. The third-order valence-electron chi connectivity index (χ3n) is 2.19. The molecule has 3 nitrogen and oxygen atoms in total. The minimum absolute atomic E-state index is 0.0463. The number of rotatable bonds is 4. The molecular weight excluding hydrogens is 186 g/mol. The summed E-state index contributed by atoms with van der Waals surface area (Å²) in [5.41, 5.74) is 8.04. The van der Waals surface area contributed by atoms with Crippen LogP contribution in [0, 0.1) is 0 Å². The normalized spacial score (nSPS) is 12.3. The van der Waals surface area contributed by atoms with E-state index in [1.54, 1.807) is 6.20 Å². The lowest BCUT2D eigenvalue weighted by atomic mass is 10.1. The molecule has 1 atom stereocenters. The van der Waals surface area contributed by atoms with Crippen LogP contribution in [0.4, 0.5) is 5.82 Å². The Labute approximate surface area is 91.6 Å². The van der Waals surface area contributed by atoms with Gasteiger partial charge >= 0.3 is 0 Å². The van der Waals surface area contributed by atoms with Crippen LogP contribution >= 0.6 is 0 Å². The minimum atomic E-state index is 0.0463. The molecule has 0 aliphatic carbocycles. The predicted octanol–water partition coefficient (Wildman–Crippen LogP) is 2.11. The topological polar surface area (TPSA) is 42.1 Å². The molecule has 0 fully saturated rings. The molecule has 1 aromatic heterocycles. The molecule has 0 amide bonds. The van der Waals surface area contributed by atoms with Crippen molar-refractivity contribution < 1.29 is 0 Å². The zero-order valence-corrected chi connectivity index (χ0v) is 9.70. The van der Waals surface area contributed by atoms with Crippen molar-refractivity contribution in [3.8, 4) is 0 Å². The largest absolute Gasteiger partial charge is 0.356 e. The van der Waals surface area contributed by atoms with Gasteiger partial charge in [-0.15, -0.1) is 0 Å². The molecule has 3 heteroatoms. The molecule has 0 saturated carbocycles. The molecule has 1 aromatic rings. The summed E-state index contributed by atoms with van der Waals surface area (Å²) >= 11 is 0. The second-order valence-corrected chi connectivity index (χ2v) is 4.05. The fourth-order valence-corrected chi connectivity index (χ4v) is 1.41. The summed E-state index contributed by atoms with van der Waals surface area (Å²) in [6, 6.07) is 4.01. The molecule has 0 aliphatic heterocycles. The Bertz CT molecular complexity index is 344. The van der Waals surface area contributed by atoms with Gasteiger partial charge in [0.2, 0.25) is 0 Å². The Morgan fingerprint density at radius 1 is 1.67 bits per heavy atom. The predicted molar refractivity (Wildman–Crippen MR) is 64.9 cm³/mol. The fourth-order valence-electron chi connectivity index (χ4n) is 1.41. The maximum atomic E-state index is 5.82. The maximum Gasteiger partial charge on any atom is 0.128 e. The van der Waals surface area contributed by atoms with Crippen LogP contribution in [0.25, 0.3) is 0 Å². The molecule has 15 heavy (non-hydrogen) atoms. The third kappa shape index (κ3) is 3.36. The average Bonchev–Trinajstić information content (AvgIpc) is 2.17. The van der Waals surface area contributed by atoms with E-state index in [-0.39, 0.29) is 6.04 Å². The number of nitrogens with zero attached hydrogens (tertiary/aromatic N) is 2. The van der Waals surface area contributed by atoms with Crippen LogP contribution in [0.15, 0.2) is 30.5 Å². The van der Waals surface area contributed by atoms with Crippen LogP contribution < -0.4 is 10.6 Å². The van der Waals surface area contributed by atoms with E-state index in [1.807, 2.05) is 33.0 Å². The maximum absolute atomic E-state index is 5.82. The van der Waals surface area contributed by atoms with Crippen molar-refractivity contribution in [3.63, 3.8) is 0 Å². The Hall–Kier alpha value is -1.35. The molecule has 0 bridgehead atoms. The van der Waals surface area contributed by atoms with Gasteiger partial charge in [-0.2, -0.15) is 0 Å². The van der Waals surface area contributed by atoms with Gasteiger partial charge < -0.3 is 10.6 Å². The number of pyridine rings is 1.